The SMILES string of the molecule is COc1cc(C2=NCCN2)ccc1N1CCOCC1. The van der Waals surface area contributed by atoms with E-state index in [1.165, 1.54) is 0 Å². The predicted octanol–water partition coefficient (Wildman–Crippen LogP) is 0.882. The summed E-state index contributed by atoms with van der Waals surface area (Å²) in [6.07, 6.45) is 0. The van der Waals surface area contributed by atoms with Gasteiger partial charge in [0.05, 0.1) is 32.6 Å². The lowest BCUT2D eigenvalue weighted by Crippen LogP contribution is -2.36. The molecule has 2 heterocycles. The van der Waals surface area contributed by atoms with Crippen molar-refractivity contribution >= 4 is 11.5 Å². The third-order valence-corrected chi connectivity index (χ3v) is 3.48. The standard InChI is InChI=1S/C14H19N3O2/c1-18-13-10-11(14-15-4-5-16-14)2-3-12(13)17-6-8-19-9-7-17/h2-3,10H,4-9H2,1H3,(H,15,16). The molecule has 1 aromatic rings. The number of nitrogens with one attached hydrogen (secondary N) is 1. The molecule has 0 unspecified atom stereocenters. The fraction of sp³-hybridized carbons (Fsp3) is 0.500. The van der Waals surface area contributed by atoms with Crippen LogP contribution in [-0.2, 0) is 4.74 Å². The molecule has 0 spiro atoms. The van der Waals surface area contributed by atoms with E-state index >= 15 is 0 Å². The second-order valence-corrected chi connectivity index (χ2v) is 4.64. The Morgan fingerprint density at radius 1 is 1.32 bits per heavy atom. The van der Waals surface area contributed by atoms with Gasteiger partial charge in [0.1, 0.15) is 11.6 Å². The van der Waals surface area contributed by atoms with E-state index in [2.05, 4.69) is 33.4 Å². The van der Waals surface area contributed by atoms with E-state index in [1.807, 2.05) is 0 Å². The van der Waals surface area contributed by atoms with Gasteiger partial charge in [-0.3, -0.25) is 4.99 Å². The first-order chi connectivity index (χ1) is 9.38. The highest BCUT2D eigenvalue weighted by molar-refractivity contribution is 6.00. The van der Waals surface area contributed by atoms with Crippen LogP contribution in [0.1, 0.15) is 5.56 Å². The summed E-state index contributed by atoms with van der Waals surface area (Å²) < 4.78 is 10.9. The van der Waals surface area contributed by atoms with Gasteiger partial charge in [0.25, 0.3) is 0 Å². The monoisotopic (exact) mass is 261 g/mol. The lowest BCUT2D eigenvalue weighted by Gasteiger charge is -2.30. The first kappa shape index (κ1) is 12.3. The number of morpholine rings is 1. The largest absolute Gasteiger partial charge is 0.495 e. The second kappa shape index (κ2) is 5.48. The quantitative estimate of drug-likeness (QED) is 0.877. The Morgan fingerprint density at radius 2 is 2.16 bits per heavy atom. The van der Waals surface area contributed by atoms with Crippen molar-refractivity contribution in [2.75, 3.05) is 51.4 Å². The Bertz CT molecular complexity index is 482. The molecule has 19 heavy (non-hydrogen) atoms. The molecule has 0 atom stereocenters. The van der Waals surface area contributed by atoms with Crippen LogP contribution >= 0.6 is 0 Å². The van der Waals surface area contributed by atoms with Crippen molar-refractivity contribution in [1.29, 1.82) is 0 Å². The average molecular weight is 261 g/mol. The molecule has 0 radical (unpaired) electrons. The minimum atomic E-state index is 0.777. The van der Waals surface area contributed by atoms with Gasteiger partial charge in [0.15, 0.2) is 0 Å². The van der Waals surface area contributed by atoms with Gasteiger partial charge < -0.3 is 19.7 Å². The fourth-order valence-electron chi connectivity index (χ4n) is 2.48. The van der Waals surface area contributed by atoms with E-state index in [1.54, 1.807) is 7.11 Å². The van der Waals surface area contributed by atoms with E-state index in [9.17, 15) is 0 Å². The molecular weight excluding hydrogens is 242 g/mol. The number of amidine groups is 1. The minimum Gasteiger partial charge on any atom is -0.495 e. The highest BCUT2D eigenvalue weighted by Gasteiger charge is 2.17. The Balaban J connectivity index is 1.88. The van der Waals surface area contributed by atoms with Crippen LogP contribution in [-0.4, -0.2) is 52.3 Å². The molecule has 0 aliphatic carbocycles. The maximum atomic E-state index is 5.53. The van der Waals surface area contributed by atoms with Gasteiger partial charge in [-0.25, -0.2) is 0 Å². The van der Waals surface area contributed by atoms with Crippen molar-refractivity contribution < 1.29 is 9.47 Å². The Kier molecular flexibility index (Phi) is 3.55. The number of benzene rings is 1. The first-order valence-electron chi connectivity index (χ1n) is 6.68. The van der Waals surface area contributed by atoms with Crippen LogP contribution in [0.2, 0.25) is 0 Å². The Hall–Kier alpha value is -1.75. The molecule has 0 saturated carbocycles. The highest BCUT2D eigenvalue weighted by atomic mass is 16.5. The number of methoxy groups -OCH3 is 1. The molecule has 2 aliphatic heterocycles. The first-order valence-corrected chi connectivity index (χ1v) is 6.68. The maximum Gasteiger partial charge on any atom is 0.142 e. The highest BCUT2D eigenvalue weighted by Crippen LogP contribution is 2.30. The zero-order chi connectivity index (χ0) is 13.1. The molecule has 1 saturated heterocycles. The Morgan fingerprint density at radius 3 is 2.84 bits per heavy atom. The molecule has 0 aromatic heterocycles. The van der Waals surface area contributed by atoms with Gasteiger partial charge in [-0.1, -0.05) is 0 Å². The van der Waals surface area contributed by atoms with E-state index < -0.39 is 0 Å². The summed E-state index contributed by atoms with van der Waals surface area (Å²) in [6, 6.07) is 6.27. The molecule has 2 aliphatic rings. The number of rotatable bonds is 3. The number of anilines is 1. The van der Waals surface area contributed by atoms with Crippen LogP contribution in [0.3, 0.4) is 0 Å². The van der Waals surface area contributed by atoms with Crippen LogP contribution in [0.25, 0.3) is 0 Å². The zero-order valence-corrected chi connectivity index (χ0v) is 11.2. The molecule has 0 amide bonds. The molecule has 5 heteroatoms. The van der Waals surface area contributed by atoms with Crippen LogP contribution in [0, 0.1) is 0 Å². The summed E-state index contributed by atoms with van der Waals surface area (Å²) in [5.74, 6) is 1.86. The summed E-state index contributed by atoms with van der Waals surface area (Å²) in [4.78, 5) is 6.74. The number of nitrogens with zero attached hydrogens (tertiary/aromatic N) is 2. The molecule has 102 valence electrons. The normalized spacial score (nSPS) is 19.0. The van der Waals surface area contributed by atoms with Gasteiger partial charge in [-0.05, 0) is 18.2 Å². The van der Waals surface area contributed by atoms with Crippen LogP contribution in [0.5, 0.6) is 5.75 Å². The third kappa shape index (κ3) is 2.51. The zero-order valence-electron chi connectivity index (χ0n) is 11.2. The molecule has 1 N–H and O–H groups in total. The summed E-state index contributed by atoms with van der Waals surface area (Å²) in [5.41, 5.74) is 2.22. The van der Waals surface area contributed by atoms with Gasteiger partial charge in [0.2, 0.25) is 0 Å². The van der Waals surface area contributed by atoms with E-state index in [0.717, 1.165) is 62.2 Å². The number of hydrogen-bond donors (Lipinski definition) is 1. The van der Waals surface area contributed by atoms with Gasteiger partial charge in [0, 0.05) is 25.2 Å². The molecule has 5 nitrogen and oxygen atoms in total. The van der Waals surface area contributed by atoms with Gasteiger partial charge in [-0.15, -0.1) is 0 Å². The third-order valence-electron chi connectivity index (χ3n) is 3.48. The lowest BCUT2D eigenvalue weighted by molar-refractivity contribution is 0.122. The second-order valence-electron chi connectivity index (χ2n) is 4.64. The van der Waals surface area contributed by atoms with Crippen molar-refractivity contribution in [3.63, 3.8) is 0 Å². The van der Waals surface area contributed by atoms with Crippen LogP contribution in [0.4, 0.5) is 5.69 Å². The molecule has 0 bridgehead atoms. The van der Waals surface area contributed by atoms with E-state index in [0.29, 0.717) is 0 Å². The van der Waals surface area contributed by atoms with Crippen molar-refractivity contribution in [2.45, 2.75) is 0 Å². The van der Waals surface area contributed by atoms with Crippen molar-refractivity contribution in [1.82, 2.24) is 5.32 Å². The molecule has 1 aromatic carbocycles. The lowest BCUT2D eigenvalue weighted by atomic mass is 10.1. The van der Waals surface area contributed by atoms with Gasteiger partial charge in [-0.2, -0.15) is 0 Å². The average Bonchev–Trinajstić information content (AvgIpc) is 3.02. The summed E-state index contributed by atoms with van der Waals surface area (Å²) in [6.45, 7) is 5.15. The van der Waals surface area contributed by atoms with Crippen molar-refractivity contribution in [2.24, 2.45) is 4.99 Å². The Labute approximate surface area is 113 Å². The van der Waals surface area contributed by atoms with Crippen LogP contribution in [0.15, 0.2) is 23.2 Å². The summed E-state index contributed by atoms with van der Waals surface area (Å²) in [5, 5.41) is 3.28. The van der Waals surface area contributed by atoms with Gasteiger partial charge >= 0.3 is 0 Å². The number of aliphatic imine (C=N–C) groups is 1. The van der Waals surface area contributed by atoms with E-state index in [4.69, 9.17) is 9.47 Å². The molecular formula is C14H19N3O2. The predicted molar refractivity (Wildman–Crippen MR) is 75.4 cm³/mol. The number of hydrogen-bond acceptors (Lipinski definition) is 5. The maximum absolute atomic E-state index is 5.53. The summed E-state index contributed by atoms with van der Waals surface area (Å²) in [7, 11) is 1.72. The minimum absolute atomic E-state index is 0.777. The van der Waals surface area contributed by atoms with Crippen molar-refractivity contribution in [3.05, 3.63) is 23.8 Å². The summed E-state index contributed by atoms with van der Waals surface area (Å²) >= 11 is 0. The van der Waals surface area contributed by atoms with Crippen molar-refractivity contribution in [3.8, 4) is 5.75 Å². The molecule has 1 fully saturated rings. The van der Waals surface area contributed by atoms with Crippen LogP contribution < -0.4 is 15.0 Å². The topological polar surface area (TPSA) is 46.1 Å². The van der Waals surface area contributed by atoms with E-state index in [-0.39, 0.29) is 0 Å². The molecule has 3 rings (SSSR count). The smallest absolute Gasteiger partial charge is 0.142 e. The number of ether oxygens (including phenoxy) is 2. The fourth-order valence-corrected chi connectivity index (χ4v) is 2.48.